The highest BCUT2D eigenvalue weighted by Crippen LogP contribution is 2.27. The first-order chi connectivity index (χ1) is 9.13. The van der Waals surface area contributed by atoms with E-state index in [4.69, 9.17) is 16.3 Å². The Labute approximate surface area is 121 Å². The number of hydrogen-bond acceptors (Lipinski definition) is 5. The van der Waals surface area contributed by atoms with E-state index in [0.717, 1.165) is 28.7 Å². The topological polar surface area (TPSA) is 57.8 Å². The van der Waals surface area contributed by atoms with Crippen LogP contribution in [0.2, 0.25) is 5.15 Å². The van der Waals surface area contributed by atoms with E-state index in [-0.39, 0.29) is 0 Å². The highest BCUT2D eigenvalue weighted by molar-refractivity contribution is 7.98. The van der Waals surface area contributed by atoms with Crippen molar-refractivity contribution in [3.63, 3.8) is 0 Å². The van der Waals surface area contributed by atoms with Gasteiger partial charge in [-0.25, -0.2) is 0 Å². The van der Waals surface area contributed by atoms with Gasteiger partial charge in [0.25, 0.3) is 0 Å². The number of methoxy groups -OCH3 is 1. The van der Waals surface area contributed by atoms with Gasteiger partial charge in [-0.2, -0.15) is 5.10 Å². The van der Waals surface area contributed by atoms with Gasteiger partial charge in [-0.05, 0) is 6.92 Å². The molecule has 0 saturated heterocycles. The summed E-state index contributed by atoms with van der Waals surface area (Å²) in [7, 11) is 3.51. The van der Waals surface area contributed by atoms with Crippen LogP contribution in [0, 0.1) is 6.92 Å². The molecule has 0 aliphatic heterocycles. The van der Waals surface area contributed by atoms with E-state index >= 15 is 0 Å². The molecule has 19 heavy (non-hydrogen) atoms. The molecule has 6 nitrogen and oxygen atoms in total. The van der Waals surface area contributed by atoms with Crippen LogP contribution in [0.4, 0.5) is 0 Å². The lowest BCUT2D eigenvalue weighted by molar-refractivity contribution is 0.184. The summed E-state index contributed by atoms with van der Waals surface area (Å²) in [5.41, 5.74) is 1.98. The summed E-state index contributed by atoms with van der Waals surface area (Å²) in [6.07, 6.45) is 1.71. The van der Waals surface area contributed by atoms with Gasteiger partial charge in [0.05, 0.1) is 12.3 Å². The zero-order valence-electron chi connectivity index (χ0n) is 11.1. The molecule has 2 rings (SSSR count). The zero-order valence-corrected chi connectivity index (χ0v) is 12.7. The maximum Gasteiger partial charge on any atom is 0.191 e. The number of nitrogens with zero attached hydrogens (tertiary/aromatic N) is 5. The fourth-order valence-electron chi connectivity index (χ4n) is 1.67. The smallest absolute Gasteiger partial charge is 0.191 e. The Balaban J connectivity index is 2.04. The first-order valence-corrected chi connectivity index (χ1v) is 7.17. The van der Waals surface area contributed by atoms with E-state index in [0.29, 0.717) is 11.8 Å². The number of halogens is 1. The van der Waals surface area contributed by atoms with Crippen LogP contribution in [-0.2, 0) is 24.1 Å². The Morgan fingerprint density at radius 1 is 1.47 bits per heavy atom. The lowest BCUT2D eigenvalue weighted by Gasteiger charge is -2.05. The molecule has 0 aromatic carbocycles. The summed E-state index contributed by atoms with van der Waals surface area (Å²) in [6, 6.07) is 0. The third-order valence-corrected chi connectivity index (χ3v) is 4.21. The molecule has 0 saturated carbocycles. The van der Waals surface area contributed by atoms with Crippen LogP contribution in [0.5, 0.6) is 0 Å². The lowest BCUT2D eigenvalue weighted by atomic mass is 10.3. The van der Waals surface area contributed by atoms with Gasteiger partial charge in [-0.1, -0.05) is 23.4 Å². The summed E-state index contributed by atoms with van der Waals surface area (Å²) in [5.74, 6) is 0.726. The van der Waals surface area contributed by atoms with Gasteiger partial charge in [0.2, 0.25) is 0 Å². The van der Waals surface area contributed by atoms with Crippen LogP contribution in [0.3, 0.4) is 0 Å². The molecule has 0 aliphatic carbocycles. The molecule has 0 fully saturated rings. The highest BCUT2D eigenvalue weighted by Gasteiger charge is 2.13. The van der Waals surface area contributed by atoms with Crippen molar-refractivity contribution in [2.24, 2.45) is 7.05 Å². The Morgan fingerprint density at radius 3 is 2.89 bits per heavy atom. The van der Waals surface area contributed by atoms with E-state index in [1.807, 2.05) is 18.5 Å². The van der Waals surface area contributed by atoms with E-state index in [2.05, 4.69) is 15.3 Å². The second-order valence-electron chi connectivity index (χ2n) is 4.07. The maximum absolute atomic E-state index is 6.20. The first kappa shape index (κ1) is 14.4. The van der Waals surface area contributed by atoms with Crippen molar-refractivity contribution in [2.45, 2.75) is 24.4 Å². The molecule has 0 bridgehead atoms. The second kappa shape index (κ2) is 6.40. The molecule has 0 radical (unpaired) electrons. The largest absolute Gasteiger partial charge is 0.383 e. The third-order valence-electron chi connectivity index (χ3n) is 2.73. The van der Waals surface area contributed by atoms with Crippen molar-refractivity contribution in [2.75, 3.05) is 13.7 Å². The van der Waals surface area contributed by atoms with Gasteiger partial charge in [-0.3, -0.25) is 4.68 Å². The number of ether oxygens (including phenoxy) is 1. The van der Waals surface area contributed by atoms with Crippen LogP contribution < -0.4 is 0 Å². The van der Waals surface area contributed by atoms with Crippen molar-refractivity contribution in [1.82, 2.24) is 24.5 Å². The average molecular weight is 302 g/mol. The van der Waals surface area contributed by atoms with Gasteiger partial charge < -0.3 is 9.30 Å². The summed E-state index contributed by atoms with van der Waals surface area (Å²) < 4.78 is 8.70. The number of thioether (sulfide) groups is 1. The Morgan fingerprint density at radius 2 is 2.26 bits per heavy atom. The van der Waals surface area contributed by atoms with E-state index in [1.54, 1.807) is 29.9 Å². The standard InChI is InChI=1S/C11H16ClN5OS/c1-8-9(10(12)16(2)15-8)6-19-11-14-13-7-17(11)4-5-18-3/h7H,4-6H2,1-3H3. The van der Waals surface area contributed by atoms with Gasteiger partial charge in [0.15, 0.2) is 5.16 Å². The van der Waals surface area contributed by atoms with E-state index in [9.17, 15) is 0 Å². The minimum Gasteiger partial charge on any atom is -0.383 e. The van der Waals surface area contributed by atoms with E-state index in [1.165, 1.54) is 0 Å². The number of rotatable bonds is 6. The minimum absolute atomic E-state index is 0.637. The molecule has 0 aliphatic rings. The molecule has 2 aromatic rings. The second-order valence-corrected chi connectivity index (χ2v) is 5.37. The predicted molar refractivity (Wildman–Crippen MR) is 74.4 cm³/mol. The summed E-state index contributed by atoms with van der Waals surface area (Å²) in [4.78, 5) is 0. The fraction of sp³-hybridized carbons (Fsp3) is 0.545. The van der Waals surface area contributed by atoms with Crippen LogP contribution in [-0.4, -0.2) is 38.3 Å². The molecular weight excluding hydrogens is 286 g/mol. The third kappa shape index (κ3) is 3.29. The Bertz CT molecular complexity index is 553. The fourth-order valence-corrected chi connectivity index (χ4v) is 3.02. The van der Waals surface area contributed by atoms with Crippen LogP contribution in [0.15, 0.2) is 11.5 Å². The summed E-state index contributed by atoms with van der Waals surface area (Å²) in [5, 5.41) is 13.8. The zero-order chi connectivity index (χ0) is 13.8. The molecular formula is C11H16ClN5OS. The van der Waals surface area contributed by atoms with Crippen LogP contribution in [0.1, 0.15) is 11.3 Å². The average Bonchev–Trinajstić information content (AvgIpc) is 2.92. The summed E-state index contributed by atoms with van der Waals surface area (Å²) >= 11 is 7.80. The van der Waals surface area contributed by atoms with Gasteiger partial charge in [0.1, 0.15) is 11.5 Å². The Kier molecular flexibility index (Phi) is 4.84. The van der Waals surface area contributed by atoms with Crippen molar-refractivity contribution in [3.05, 3.63) is 22.7 Å². The summed E-state index contributed by atoms with van der Waals surface area (Å²) in [6.45, 7) is 3.33. The number of aryl methyl sites for hydroxylation is 2. The van der Waals surface area contributed by atoms with Gasteiger partial charge >= 0.3 is 0 Å². The number of hydrogen-bond donors (Lipinski definition) is 0. The van der Waals surface area contributed by atoms with E-state index < -0.39 is 0 Å². The molecule has 2 heterocycles. The van der Waals surface area contributed by atoms with Crippen molar-refractivity contribution < 1.29 is 4.74 Å². The molecule has 0 N–H and O–H groups in total. The molecule has 0 spiro atoms. The predicted octanol–water partition coefficient (Wildman–Crippen LogP) is 1.91. The molecule has 2 aromatic heterocycles. The van der Waals surface area contributed by atoms with Gasteiger partial charge in [0, 0.05) is 32.0 Å². The molecule has 0 unspecified atom stereocenters. The monoisotopic (exact) mass is 301 g/mol. The molecule has 0 amide bonds. The molecule has 104 valence electrons. The highest BCUT2D eigenvalue weighted by atomic mass is 35.5. The Hall–Kier alpha value is -1.05. The lowest BCUT2D eigenvalue weighted by Crippen LogP contribution is -2.04. The maximum atomic E-state index is 6.20. The van der Waals surface area contributed by atoms with Crippen molar-refractivity contribution in [1.29, 1.82) is 0 Å². The normalized spacial score (nSPS) is 11.2. The van der Waals surface area contributed by atoms with Crippen molar-refractivity contribution >= 4 is 23.4 Å². The molecule has 8 heteroatoms. The van der Waals surface area contributed by atoms with Gasteiger partial charge in [-0.15, -0.1) is 10.2 Å². The van der Waals surface area contributed by atoms with Crippen molar-refractivity contribution in [3.8, 4) is 0 Å². The SMILES string of the molecule is COCCn1cnnc1SCc1c(C)nn(C)c1Cl. The van der Waals surface area contributed by atoms with Crippen LogP contribution in [0.25, 0.3) is 0 Å². The molecule has 0 atom stereocenters. The number of aromatic nitrogens is 5. The minimum atomic E-state index is 0.637. The quantitative estimate of drug-likeness (QED) is 0.763. The van der Waals surface area contributed by atoms with Crippen LogP contribution >= 0.6 is 23.4 Å². The first-order valence-electron chi connectivity index (χ1n) is 5.81.